The Morgan fingerprint density at radius 2 is 1.80 bits per heavy atom. The monoisotopic (exact) mass is 542 g/mol. The van der Waals surface area contributed by atoms with Crippen LogP contribution in [0.4, 0.5) is 9.59 Å². The van der Waals surface area contributed by atoms with Crippen molar-refractivity contribution in [1.82, 2.24) is 20.4 Å². The van der Waals surface area contributed by atoms with Crippen LogP contribution in [0.2, 0.25) is 0 Å². The SMILES string of the molecule is CCOC(=O)N[C@@H](CCN1CCC2(CC1)NC(=O)N(Cc1ccc(Br)cc1)C2=O)c1ccccc1. The summed E-state index contributed by atoms with van der Waals surface area (Å²) in [6.07, 6.45) is 1.42. The number of halogens is 1. The first-order valence-electron chi connectivity index (χ1n) is 12.0. The van der Waals surface area contributed by atoms with Crippen molar-refractivity contribution in [1.29, 1.82) is 0 Å². The van der Waals surface area contributed by atoms with E-state index in [-0.39, 0.29) is 24.5 Å². The Balaban J connectivity index is 1.33. The number of nitrogens with one attached hydrogen (secondary N) is 2. The molecule has 1 atom stereocenters. The van der Waals surface area contributed by atoms with Crippen LogP contribution in [-0.4, -0.2) is 59.6 Å². The third-order valence-corrected chi connectivity index (χ3v) is 7.24. The van der Waals surface area contributed by atoms with E-state index in [2.05, 4.69) is 31.5 Å². The van der Waals surface area contributed by atoms with Gasteiger partial charge in [-0.2, -0.15) is 0 Å². The Morgan fingerprint density at radius 3 is 2.46 bits per heavy atom. The van der Waals surface area contributed by atoms with Crippen LogP contribution < -0.4 is 10.6 Å². The molecule has 2 N–H and O–H groups in total. The second kappa shape index (κ2) is 11.2. The second-order valence-corrected chi connectivity index (χ2v) is 9.90. The Morgan fingerprint density at radius 1 is 1.11 bits per heavy atom. The van der Waals surface area contributed by atoms with E-state index in [1.807, 2.05) is 54.6 Å². The van der Waals surface area contributed by atoms with Crippen LogP contribution in [0.1, 0.15) is 43.4 Å². The van der Waals surface area contributed by atoms with Gasteiger partial charge in [0.2, 0.25) is 0 Å². The molecule has 2 aliphatic rings. The van der Waals surface area contributed by atoms with Gasteiger partial charge in [-0.25, -0.2) is 9.59 Å². The number of hydrogen-bond donors (Lipinski definition) is 2. The van der Waals surface area contributed by atoms with Crippen molar-refractivity contribution in [2.75, 3.05) is 26.2 Å². The predicted molar refractivity (Wildman–Crippen MR) is 136 cm³/mol. The molecule has 2 heterocycles. The molecule has 8 nitrogen and oxygen atoms in total. The molecule has 186 valence electrons. The zero-order valence-electron chi connectivity index (χ0n) is 19.8. The van der Waals surface area contributed by atoms with Crippen molar-refractivity contribution in [3.63, 3.8) is 0 Å². The topological polar surface area (TPSA) is 91.0 Å². The summed E-state index contributed by atoms with van der Waals surface area (Å²) < 4.78 is 6.03. The molecule has 35 heavy (non-hydrogen) atoms. The number of alkyl carbamates (subject to hydrolysis) is 1. The maximum Gasteiger partial charge on any atom is 0.407 e. The minimum Gasteiger partial charge on any atom is -0.450 e. The minimum absolute atomic E-state index is 0.142. The first-order valence-corrected chi connectivity index (χ1v) is 12.8. The molecule has 0 aliphatic carbocycles. The van der Waals surface area contributed by atoms with Crippen molar-refractivity contribution < 1.29 is 19.1 Å². The van der Waals surface area contributed by atoms with E-state index in [9.17, 15) is 14.4 Å². The molecule has 9 heteroatoms. The second-order valence-electron chi connectivity index (χ2n) is 8.99. The normalized spacial score (nSPS) is 18.4. The lowest BCUT2D eigenvalue weighted by atomic mass is 9.87. The third kappa shape index (κ3) is 6.02. The van der Waals surface area contributed by atoms with Gasteiger partial charge in [-0.1, -0.05) is 58.4 Å². The lowest BCUT2D eigenvalue weighted by Gasteiger charge is -2.37. The molecule has 0 radical (unpaired) electrons. The molecule has 1 spiro atoms. The minimum atomic E-state index is -0.828. The molecule has 2 fully saturated rings. The molecule has 2 aromatic carbocycles. The van der Waals surface area contributed by atoms with Gasteiger partial charge in [0.15, 0.2) is 0 Å². The summed E-state index contributed by atoms with van der Waals surface area (Å²) in [5.41, 5.74) is 1.11. The number of nitrogens with zero attached hydrogens (tertiary/aromatic N) is 2. The maximum absolute atomic E-state index is 13.3. The average Bonchev–Trinajstić information content (AvgIpc) is 3.08. The summed E-state index contributed by atoms with van der Waals surface area (Å²) >= 11 is 3.41. The van der Waals surface area contributed by atoms with Gasteiger partial charge in [-0.3, -0.25) is 9.69 Å². The number of ether oxygens (including phenoxy) is 1. The summed E-state index contributed by atoms with van der Waals surface area (Å²) in [4.78, 5) is 41.6. The summed E-state index contributed by atoms with van der Waals surface area (Å²) in [6, 6.07) is 17.0. The molecule has 0 aromatic heterocycles. The fourth-order valence-electron chi connectivity index (χ4n) is 4.72. The van der Waals surface area contributed by atoms with Crippen LogP contribution >= 0.6 is 15.9 Å². The van der Waals surface area contributed by atoms with Gasteiger partial charge in [0.1, 0.15) is 5.54 Å². The van der Waals surface area contributed by atoms with Gasteiger partial charge in [0.05, 0.1) is 19.2 Å². The number of urea groups is 1. The first-order chi connectivity index (χ1) is 16.9. The molecule has 0 unspecified atom stereocenters. The number of piperidine rings is 1. The Kier molecular flexibility index (Phi) is 8.07. The fourth-order valence-corrected chi connectivity index (χ4v) is 4.99. The van der Waals surface area contributed by atoms with Gasteiger partial charge >= 0.3 is 12.1 Å². The molecule has 4 amide bonds. The largest absolute Gasteiger partial charge is 0.450 e. The zero-order valence-corrected chi connectivity index (χ0v) is 21.4. The lowest BCUT2D eigenvalue weighted by molar-refractivity contribution is -0.133. The summed E-state index contributed by atoms with van der Waals surface area (Å²) in [5, 5.41) is 5.94. The van der Waals surface area contributed by atoms with Crippen molar-refractivity contribution in [3.8, 4) is 0 Å². The molecule has 4 rings (SSSR count). The number of amides is 4. The summed E-state index contributed by atoms with van der Waals surface area (Å²) in [7, 11) is 0. The number of likely N-dealkylation sites (tertiary alicyclic amines) is 1. The van der Waals surface area contributed by atoms with Crippen LogP contribution in [-0.2, 0) is 16.1 Å². The molecule has 2 aliphatic heterocycles. The van der Waals surface area contributed by atoms with Crippen LogP contribution in [0, 0.1) is 0 Å². The van der Waals surface area contributed by atoms with Gasteiger partial charge in [-0.05, 0) is 49.4 Å². The predicted octanol–water partition coefficient (Wildman–Crippen LogP) is 4.21. The maximum atomic E-state index is 13.3. The zero-order chi connectivity index (χ0) is 24.8. The van der Waals surface area contributed by atoms with Gasteiger partial charge in [-0.15, -0.1) is 0 Å². The van der Waals surface area contributed by atoms with Crippen LogP contribution in [0.25, 0.3) is 0 Å². The van der Waals surface area contributed by atoms with Crippen molar-refractivity contribution in [2.45, 2.75) is 44.3 Å². The average molecular weight is 543 g/mol. The molecule has 2 aromatic rings. The lowest BCUT2D eigenvalue weighted by Crippen LogP contribution is -2.55. The van der Waals surface area contributed by atoms with Crippen molar-refractivity contribution in [3.05, 3.63) is 70.2 Å². The summed E-state index contributed by atoms with van der Waals surface area (Å²) in [5.74, 6) is -0.142. The highest BCUT2D eigenvalue weighted by atomic mass is 79.9. The third-order valence-electron chi connectivity index (χ3n) is 6.71. The number of benzene rings is 2. The van der Waals surface area contributed by atoms with E-state index >= 15 is 0 Å². The van der Waals surface area contributed by atoms with Gasteiger partial charge in [0.25, 0.3) is 5.91 Å². The number of rotatable bonds is 8. The Hall–Kier alpha value is -2.91. The van der Waals surface area contributed by atoms with E-state index < -0.39 is 11.6 Å². The van der Waals surface area contributed by atoms with E-state index in [1.54, 1.807) is 6.92 Å². The van der Waals surface area contributed by atoms with E-state index in [4.69, 9.17) is 4.74 Å². The van der Waals surface area contributed by atoms with Crippen LogP contribution in [0.3, 0.4) is 0 Å². The number of imide groups is 1. The smallest absolute Gasteiger partial charge is 0.407 e. The van der Waals surface area contributed by atoms with E-state index in [0.717, 1.165) is 22.1 Å². The number of carbonyl (C=O) groups excluding carboxylic acids is 3. The van der Waals surface area contributed by atoms with Crippen molar-refractivity contribution >= 4 is 34.0 Å². The molecule has 0 bridgehead atoms. The number of hydrogen-bond acceptors (Lipinski definition) is 5. The van der Waals surface area contributed by atoms with Crippen LogP contribution in [0.15, 0.2) is 59.1 Å². The molecule has 2 saturated heterocycles. The van der Waals surface area contributed by atoms with Crippen LogP contribution in [0.5, 0.6) is 0 Å². The Bertz CT molecular complexity index is 1040. The highest BCUT2D eigenvalue weighted by Crippen LogP contribution is 2.31. The highest BCUT2D eigenvalue weighted by Gasteiger charge is 2.52. The summed E-state index contributed by atoms with van der Waals surface area (Å²) in [6.45, 7) is 4.51. The van der Waals surface area contributed by atoms with Crippen molar-refractivity contribution in [2.24, 2.45) is 0 Å². The molecular weight excluding hydrogens is 512 g/mol. The van der Waals surface area contributed by atoms with E-state index in [0.29, 0.717) is 39.0 Å². The Labute approximate surface area is 214 Å². The number of carbonyl (C=O) groups is 3. The van der Waals surface area contributed by atoms with Gasteiger partial charge in [0, 0.05) is 24.1 Å². The fraction of sp³-hybridized carbons (Fsp3) is 0.423. The molecule has 0 saturated carbocycles. The first kappa shape index (κ1) is 25.2. The highest BCUT2D eigenvalue weighted by molar-refractivity contribution is 9.10. The molecular formula is C26H31BrN4O4. The van der Waals surface area contributed by atoms with E-state index in [1.165, 1.54) is 4.90 Å². The standard InChI is InChI=1S/C26H31BrN4O4/c1-2-35-25(34)28-22(20-6-4-3-5-7-20)12-15-30-16-13-26(14-17-30)23(32)31(24(33)29-26)18-19-8-10-21(27)11-9-19/h3-11,22H,2,12-18H2,1H3,(H,28,34)(H,29,33)/t22-/m0/s1. The van der Waals surface area contributed by atoms with Gasteiger partial charge < -0.3 is 20.3 Å². The quantitative estimate of drug-likeness (QED) is 0.487.